The molecule has 0 atom stereocenters. The standard InChI is InChI=1S/C18H17FN6O/c19-16-11-14(5-8-17(16)24-9-1-2-10-24)21-18(26)13-3-6-15(7-4-13)25-12-20-22-23-25/h3-8,11-12H,1-2,9-10H2,(H,21,26). The van der Waals surface area contributed by atoms with E-state index < -0.39 is 0 Å². The molecule has 26 heavy (non-hydrogen) atoms. The highest BCUT2D eigenvalue weighted by Crippen LogP contribution is 2.26. The highest BCUT2D eigenvalue weighted by Gasteiger charge is 2.16. The number of aromatic nitrogens is 4. The summed E-state index contributed by atoms with van der Waals surface area (Å²) in [4.78, 5) is 14.4. The third-order valence-electron chi connectivity index (χ3n) is 4.40. The molecule has 132 valence electrons. The topological polar surface area (TPSA) is 75.9 Å². The molecule has 1 saturated heterocycles. The van der Waals surface area contributed by atoms with Gasteiger partial charge in [0, 0.05) is 24.3 Å². The Hall–Kier alpha value is -3.29. The number of amides is 1. The maximum atomic E-state index is 14.4. The van der Waals surface area contributed by atoms with Gasteiger partial charge < -0.3 is 10.2 Å². The molecule has 1 fully saturated rings. The van der Waals surface area contributed by atoms with Crippen molar-refractivity contribution in [3.8, 4) is 5.69 Å². The van der Waals surface area contributed by atoms with Crippen LogP contribution in [0.1, 0.15) is 23.2 Å². The van der Waals surface area contributed by atoms with E-state index in [1.165, 1.54) is 17.1 Å². The summed E-state index contributed by atoms with van der Waals surface area (Å²) < 4.78 is 15.8. The van der Waals surface area contributed by atoms with Crippen LogP contribution in [0.5, 0.6) is 0 Å². The lowest BCUT2D eigenvalue weighted by Crippen LogP contribution is -2.19. The number of carbonyl (C=O) groups excluding carboxylic acids is 1. The van der Waals surface area contributed by atoms with Crippen molar-refractivity contribution in [2.24, 2.45) is 0 Å². The fraction of sp³-hybridized carbons (Fsp3) is 0.222. The molecule has 0 radical (unpaired) electrons. The zero-order valence-electron chi connectivity index (χ0n) is 14.0. The fourth-order valence-corrected chi connectivity index (χ4v) is 3.05. The number of tetrazole rings is 1. The Morgan fingerprint density at radius 3 is 2.50 bits per heavy atom. The number of anilines is 2. The molecular formula is C18H17FN6O. The number of benzene rings is 2. The molecule has 7 nitrogen and oxygen atoms in total. The van der Waals surface area contributed by atoms with Crippen LogP contribution in [-0.4, -0.2) is 39.2 Å². The van der Waals surface area contributed by atoms with E-state index >= 15 is 0 Å². The Balaban J connectivity index is 1.46. The molecule has 1 amide bonds. The molecular weight excluding hydrogens is 335 g/mol. The van der Waals surface area contributed by atoms with Gasteiger partial charge in [-0.05, 0) is 65.7 Å². The van der Waals surface area contributed by atoms with Crippen LogP contribution in [0, 0.1) is 5.82 Å². The van der Waals surface area contributed by atoms with E-state index in [4.69, 9.17) is 0 Å². The normalized spacial score (nSPS) is 13.8. The van der Waals surface area contributed by atoms with E-state index in [0.29, 0.717) is 16.9 Å². The van der Waals surface area contributed by atoms with Crippen molar-refractivity contribution in [2.75, 3.05) is 23.3 Å². The summed E-state index contributed by atoms with van der Waals surface area (Å²) in [5, 5.41) is 13.7. The largest absolute Gasteiger partial charge is 0.369 e. The quantitative estimate of drug-likeness (QED) is 0.781. The van der Waals surface area contributed by atoms with Crippen molar-refractivity contribution in [1.82, 2.24) is 20.2 Å². The number of hydrogen-bond donors (Lipinski definition) is 1. The van der Waals surface area contributed by atoms with Crippen molar-refractivity contribution in [1.29, 1.82) is 0 Å². The summed E-state index contributed by atoms with van der Waals surface area (Å²) in [6.07, 6.45) is 3.64. The summed E-state index contributed by atoms with van der Waals surface area (Å²) in [6.45, 7) is 1.74. The van der Waals surface area contributed by atoms with Crippen LogP contribution in [0.2, 0.25) is 0 Å². The molecule has 0 aliphatic carbocycles. The first-order chi connectivity index (χ1) is 12.7. The minimum atomic E-state index is -0.321. The smallest absolute Gasteiger partial charge is 0.255 e. The highest BCUT2D eigenvalue weighted by atomic mass is 19.1. The Morgan fingerprint density at radius 2 is 1.85 bits per heavy atom. The Morgan fingerprint density at radius 1 is 1.08 bits per heavy atom. The van der Waals surface area contributed by atoms with Crippen LogP contribution in [0.15, 0.2) is 48.8 Å². The second-order valence-electron chi connectivity index (χ2n) is 6.12. The molecule has 1 aliphatic rings. The van der Waals surface area contributed by atoms with Gasteiger partial charge in [0.1, 0.15) is 12.1 Å². The van der Waals surface area contributed by atoms with E-state index in [1.54, 1.807) is 36.4 Å². The third-order valence-corrected chi connectivity index (χ3v) is 4.40. The summed E-state index contributed by atoms with van der Waals surface area (Å²) >= 11 is 0. The molecule has 2 aromatic carbocycles. The average molecular weight is 352 g/mol. The van der Waals surface area contributed by atoms with Gasteiger partial charge in [0.2, 0.25) is 0 Å². The maximum absolute atomic E-state index is 14.4. The Labute approximate surface area is 149 Å². The maximum Gasteiger partial charge on any atom is 0.255 e. The molecule has 2 heterocycles. The molecule has 0 bridgehead atoms. The van der Waals surface area contributed by atoms with E-state index in [-0.39, 0.29) is 11.7 Å². The van der Waals surface area contributed by atoms with Gasteiger partial charge in [-0.1, -0.05) is 0 Å². The van der Waals surface area contributed by atoms with Gasteiger partial charge in [-0.15, -0.1) is 5.10 Å². The number of rotatable bonds is 4. The lowest BCUT2D eigenvalue weighted by atomic mass is 10.2. The fourth-order valence-electron chi connectivity index (χ4n) is 3.05. The summed E-state index contributed by atoms with van der Waals surface area (Å²) in [7, 11) is 0. The lowest BCUT2D eigenvalue weighted by molar-refractivity contribution is 0.102. The van der Waals surface area contributed by atoms with Gasteiger partial charge in [-0.25, -0.2) is 9.07 Å². The van der Waals surface area contributed by atoms with Crippen molar-refractivity contribution in [2.45, 2.75) is 12.8 Å². The second kappa shape index (κ2) is 6.91. The van der Waals surface area contributed by atoms with Crippen LogP contribution >= 0.6 is 0 Å². The van der Waals surface area contributed by atoms with Crippen LogP contribution in [0.3, 0.4) is 0 Å². The van der Waals surface area contributed by atoms with Crippen LogP contribution in [0.4, 0.5) is 15.8 Å². The number of nitrogens with one attached hydrogen (secondary N) is 1. The van der Waals surface area contributed by atoms with Gasteiger partial charge in [0.05, 0.1) is 11.4 Å². The predicted molar refractivity (Wildman–Crippen MR) is 95.0 cm³/mol. The second-order valence-corrected chi connectivity index (χ2v) is 6.12. The zero-order chi connectivity index (χ0) is 17.9. The summed E-state index contributed by atoms with van der Waals surface area (Å²) in [6, 6.07) is 11.6. The van der Waals surface area contributed by atoms with Crippen molar-refractivity contribution < 1.29 is 9.18 Å². The monoisotopic (exact) mass is 352 g/mol. The van der Waals surface area contributed by atoms with Crippen molar-refractivity contribution in [3.63, 3.8) is 0 Å². The molecule has 1 aliphatic heterocycles. The number of carbonyl (C=O) groups is 1. The minimum absolute atomic E-state index is 0.304. The molecule has 0 unspecified atom stereocenters. The Kier molecular flexibility index (Phi) is 4.30. The summed E-state index contributed by atoms with van der Waals surface area (Å²) in [5.74, 6) is -0.625. The first kappa shape index (κ1) is 16.2. The van der Waals surface area contributed by atoms with Gasteiger partial charge in [-0.2, -0.15) is 0 Å². The molecule has 1 N–H and O–H groups in total. The average Bonchev–Trinajstić information content (AvgIpc) is 3.36. The number of hydrogen-bond acceptors (Lipinski definition) is 5. The molecule has 8 heteroatoms. The van der Waals surface area contributed by atoms with Gasteiger partial charge in [0.25, 0.3) is 5.91 Å². The zero-order valence-corrected chi connectivity index (χ0v) is 14.0. The van der Waals surface area contributed by atoms with E-state index in [1.807, 2.05) is 4.90 Å². The van der Waals surface area contributed by atoms with Crippen LogP contribution < -0.4 is 10.2 Å². The highest BCUT2D eigenvalue weighted by molar-refractivity contribution is 6.04. The van der Waals surface area contributed by atoms with E-state index in [9.17, 15) is 9.18 Å². The first-order valence-electron chi connectivity index (χ1n) is 8.40. The van der Waals surface area contributed by atoms with Crippen molar-refractivity contribution in [3.05, 3.63) is 60.2 Å². The van der Waals surface area contributed by atoms with Gasteiger partial charge in [-0.3, -0.25) is 4.79 Å². The number of halogens is 1. The van der Waals surface area contributed by atoms with Crippen LogP contribution in [-0.2, 0) is 0 Å². The van der Waals surface area contributed by atoms with Crippen molar-refractivity contribution >= 4 is 17.3 Å². The SMILES string of the molecule is O=C(Nc1ccc(N2CCCC2)c(F)c1)c1ccc(-n2cnnn2)cc1. The predicted octanol–water partition coefficient (Wildman–Crippen LogP) is 2.65. The third kappa shape index (κ3) is 3.26. The lowest BCUT2D eigenvalue weighted by Gasteiger charge is -2.18. The molecule has 1 aromatic heterocycles. The van der Waals surface area contributed by atoms with Gasteiger partial charge in [0.15, 0.2) is 0 Å². The molecule has 0 saturated carbocycles. The van der Waals surface area contributed by atoms with E-state index in [2.05, 4.69) is 20.8 Å². The molecule has 0 spiro atoms. The van der Waals surface area contributed by atoms with E-state index in [0.717, 1.165) is 31.6 Å². The molecule has 4 rings (SSSR count). The minimum Gasteiger partial charge on any atom is -0.369 e. The molecule has 3 aromatic rings. The van der Waals surface area contributed by atoms with Gasteiger partial charge >= 0.3 is 0 Å². The van der Waals surface area contributed by atoms with Crippen LogP contribution in [0.25, 0.3) is 5.69 Å². The first-order valence-corrected chi connectivity index (χ1v) is 8.40. The number of nitrogens with zero attached hydrogens (tertiary/aromatic N) is 5. The Bertz CT molecular complexity index is 904. The summed E-state index contributed by atoms with van der Waals surface area (Å²) in [5.41, 5.74) is 2.23.